The number of para-hydroxylation sites is 3. The smallest absolute Gasteiger partial charge is 0.310 e. The number of likely N-dealkylation sites (N-methyl/N-ethyl adjacent to an activating group) is 1. The summed E-state index contributed by atoms with van der Waals surface area (Å²) in [5, 5.41) is 23.3. The summed E-state index contributed by atoms with van der Waals surface area (Å²) in [6, 6.07) is 9.01. The van der Waals surface area contributed by atoms with Gasteiger partial charge in [0.15, 0.2) is 5.75 Å². The average molecular weight is 409 g/mol. The number of halogens is 2. The lowest BCUT2D eigenvalue weighted by Gasteiger charge is -2.23. The predicted octanol–water partition coefficient (Wildman–Crippen LogP) is 2.57. The molecule has 0 spiro atoms. The van der Waals surface area contributed by atoms with E-state index in [2.05, 4.69) is 5.32 Å². The number of nitrogens with one attached hydrogen (secondary N) is 1. The number of nitro benzene ring substituents is 1. The quantitative estimate of drug-likeness (QED) is 0.462. The molecule has 2 aromatic rings. The monoisotopic (exact) mass is 409 g/mol. The summed E-state index contributed by atoms with van der Waals surface area (Å²) in [6.07, 6.45) is -1.05. The molecule has 1 atom stereocenters. The molecule has 0 fully saturated rings. The molecule has 0 bridgehead atoms. The highest BCUT2D eigenvalue weighted by molar-refractivity contribution is 5.92. The standard InChI is InChI=1S/C19H21F2N3O5/c1-2-23(11-18(26)22-19-14(20)6-5-7-15(19)21)10-13(25)12-29-17-9-4-3-8-16(17)24(27)28/h3-9,13,25H,2,10-12H2,1H3,(H,22,26). The number of ether oxygens (including phenoxy) is 1. The second kappa shape index (κ2) is 10.4. The number of carbonyl (C=O) groups is 1. The van der Waals surface area contributed by atoms with Crippen LogP contribution in [-0.2, 0) is 4.79 Å². The Bertz CT molecular complexity index is 845. The van der Waals surface area contributed by atoms with Crippen LogP contribution in [0.5, 0.6) is 5.75 Å². The van der Waals surface area contributed by atoms with Gasteiger partial charge in [-0.15, -0.1) is 0 Å². The number of benzene rings is 2. The average Bonchev–Trinajstić information content (AvgIpc) is 2.69. The van der Waals surface area contributed by atoms with Gasteiger partial charge in [0.05, 0.1) is 11.5 Å². The van der Waals surface area contributed by atoms with E-state index in [4.69, 9.17) is 4.74 Å². The summed E-state index contributed by atoms with van der Waals surface area (Å²) in [7, 11) is 0. The van der Waals surface area contributed by atoms with Gasteiger partial charge >= 0.3 is 5.69 Å². The van der Waals surface area contributed by atoms with E-state index in [0.29, 0.717) is 6.54 Å². The Morgan fingerprint density at radius 1 is 1.24 bits per heavy atom. The molecule has 0 aromatic heterocycles. The first-order valence-electron chi connectivity index (χ1n) is 8.82. The van der Waals surface area contributed by atoms with Crippen molar-refractivity contribution in [2.45, 2.75) is 13.0 Å². The van der Waals surface area contributed by atoms with Crippen LogP contribution >= 0.6 is 0 Å². The second-order valence-corrected chi connectivity index (χ2v) is 6.16. The van der Waals surface area contributed by atoms with Crippen LogP contribution in [0.1, 0.15) is 6.92 Å². The molecule has 0 radical (unpaired) electrons. The normalized spacial score (nSPS) is 11.9. The molecule has 8 nitrogen and oxygen atoms in total. The highest BCUT2D eigenvalue weighted by atomic mass is 19.1. The zero-order valence-corrected chi connectivity index (χ0v) is 15.7. The SMILES string of the molecule is CCN(CC(=O)Nc1c(F)cccc1F)CC(O)COc1ccccc1[N+](=O)[O-]. The van der Waals surface area contributed by atoms with E-state index in [1.54, 1.807) is 17.9 Å². The lowest BCUT2D eigenvalue weighted by atomic mass is 10.2. The molecule has 0 saturated carbocycles. The van der Waals surface area contributed by atoms with Gasteiger partial charge in [-0.2, -0.15) is 0 Å². The Morgan fingerprint density at radius 2 is 1.90 bits per heavy atom. The molecular formula is C19H21F2N3O5. The number of anilines is 1. The van der Waals surface area contributed by atoms with Gasteiger partial charge in [0, 0.05) is 12.6 Å². The zero-order chi connectivity index (χ0) is 21.4. The maximum absolute atomic E-state index is 13.6. The van der Waals surface area contributed by atoms with Crippen LogP contribution in [0, 0.1) is 21.7 Å². The minimum atomic E-state index is -1.05. The predicted molar refractivity (Wildman–Crippen MR) is 102 cm³/mol. The van der Waals surface area contributed by atoms with Crippen molar-refractivity contribution >= 4 is 17.3 Å². The van der Waals surface area contributed by atoms with Gasteiger partial charge in [0.25, 0.3) is 0 Å². The van der Waals surface area contributed by atoms with Gasteiger partial charge in [-0.25, -0.2) is 8.78 Å². The highest BCUT2D eigenvalue weighted by Gasteiger charge is 2.19. The summed E-state index contributed by atoms with van der Waals surface area (Å²) < 4.78 is 32.6. The molecule has 0 aliphatic heterocycles. The summed E-state index contributed by atoms with van der Waals surface area (Å²) in [6.45, 7) is 1.68. The van der Waals surface area contributed by atoms with Crippen molar-refractivity contribution < 1.29 is 28.3 Å². The van der Waals surface area contributed by atoms with Crippen molar-refractivity contribution in [2.24, 2.45) is 0 Å². The number of carbonyl (C=O) groups excluding carboxylic acids is 1. The van der Waals surface area contributed by atoms with E-state index < -0.39 is 34.3 Å². The third kappa shape index (κ3) is 6.47. The Labute approximate surface area is 165 Å². The maximum atomic E-state index is 13.6. The fraction of sp³-hybridized carbons (Fsp3) is 0.316. The second-order valence-electron chi connectivity index (χ2n) is 6.16. The fourth-order valence-corrected chi connectivity index (χ4v) is 2.57. The third-order valence-corrected chi connectivity index (χ3v) is 4.00. The number of hydrogen-bond acceptors (Lipinski definition) is 6. The van der Waals surface area contributed by atoms with E-state index in [1.807, 2.05) is 0 Å². The Morgan fingerprint density at radius 3 is 2.52 bits per heavy atom. The number of hydrogen-bond donors (Lipinski definition) is 2. The fourth-order valence-electron chi connectivity index (χ4n) is 2.57. The van der Waals surface area contributed by atoms with Crippen LogP contribution in [0.2, 0.25) is 0 Å². The first-order chi connectivity index (χ1) is 13.8. The Kier molecular flexibility index (Phi) is 7.98. The highest BCUT2D eigenvalue weighted by Crippen LogP contribution is 2.25. The van der Waals surface area contributed by atoms with Gasteiger partial charge in [-0.05, 0) is 24.7 Å². The topological polar surface area (TPSA) is 105 Å². The zero-order valence-electron chi connectivity index (χ0n) is 15.7. The third-order valence-electron chi connectivity index (χ3n) is 4.00. The molecule has 2 rings (SSSR count). The molecule has 29 heavy (non-hydrogen) atoms. The van der Waals surface area contributed by atoms with Crippen molar-refractivity contribution in [2.75, 3.05) is 31.6 Å². The van der Waals surface area contributed by atoms with Gasteiger partial charge in [0.1, 0.15) is 30.0 Å². The minimum Gasteiger partial charge on any atom is -0.484 e. The van der Waals surface area contributed by atoms with Crippen LogP contribution in [0.15, 0.2) is 42.5 Å². The van der Waals surface area contributed by atoms with E-state index in [0.717, 1.165) is 12.1 Å². The minimum absolute atomic E-state index is 0.0182. The van der Waals surface area contributed by atoms with E-state index in [1.165, 1.54) is 24.3 Å². The summed E-state index contributed by atoms with van der Waals surface area (Å²) in [5.74, 6) is -2.41. The van der Waals surface area contributed by atoms with Gasteiger partial charge < -0.3 is 15.2 Å². The molecule has 0 saturated heterocycles. The van der Waals surface area contributed by atoms with Gasteiger partial charge in [-0.3, -0.25) is 19.8 Å². The molecule has 0 aliphatic carbocycles. The molecule has 0 aliphatic rings. The van der Waals surface area contributed by atoms with Crippen molar-refractivity contribution in [3.05, 3.63) is 64.2 Å². The molecule has 0 heterocycles. The number of amides is 1. The molecule has 10 heteroatoms. The van der Waals surface area contributed by atoms with E-state index in [-0.39, 0.29) is 31.1 Å². The van der Waals surface area contributed by atoms with Crippen LogP contribution in [0.3, 0.4) is 0 Å². The molecule has 156 valence electrons. The number of nitrogens with zero attached hydrogens (tertiary/aromatic N) is 2. The largest absolute Gasteiger partial charge is 0.484 e. The first-order valence-corrected chi connectivity index (χ1v) is 8.82. The molecule has 1 amide bonds. The lowest BCUT2D eigenvalue weighted by Crippen LogP contribution is -2.40. The number of aliphatic hydroxyl groups is 1. The van der Waals surface area contributed by atoms with Crippen LogP contribution in [-0.4, -0.2) is 53.2 Å². The summed E-state index contributed by atoms with van der Waals surface area (Å²) >= 11 is 0. The number of rotatable bonds is 10. The van der Waals surface area contributed by atoms with Crippen LogP contribution in [0.25, 0.3) is 0 Å². The van der Waals surface area contributed by atoms with E-state index in [9.17, 15) is 28.8 Å². The first kappa shape index (κ1) is 22.2. The van der Waals surface area contributed by atoms with Gasteiger partial charge in [-0.1, -0.05) is 25.1 Å². The Balaban J connectivity index is 1.89. The summed E-state index contributed by atoms with van der Waals surface area (Å²) in [5.41, 5.74) is -0.757. The molecule has 2 N–H and O–H groups in total. The lowest BCUT2D eigenvalue weighted by molar-refractivity contribution is -0.385. The van der Waals surface area contributed by atoms with Crippen molar-refractivity contribution in [3.63, 3.8) is 0 Å². The van der Waals surface area contributed by atoms with Crippen molar-refractivity contribution in [1.29, 1.82) is 0 Å². The molecular weight excluding hydrogens is 388 g/mol. The van der Waals surface area contributed by atoms with Crippen LogP contribution in [0.4, 0.5) is 20.2 Å². The Hall–Kier alpha value is -3.11. The number of aliphatic hydroxyl groups excluding tert-OH is 1. The van der Waals surface area contributed by atoms with E-state index >= 15 is 0 Å². The van der Waals surface area contributed by atoms with Gasteiger partial charge in [0.2, 0.25) is 5.91 Å². The molecule has 1 unspecified atom stereocenters. The number of nitro groups is 1. The maximum Gasteiger partial charge on any atom is 0.310 e. The molecule has 2 aromatic carbocycles. The summed E-state index contributed by atoms with van der Waals surface area (Å²) in [4.78, 5) is 24.0. The van der Waals surface area contributed by atoms with Crippen LogP contribution < -0.4 is 10.1 Å². The van der Waals surface area contributed by atoms with Crippen molar-refractivity contribution in [3.8, 4) is 5.75 Å². The van der Waals surface area contributed by atoms with Crippen molar-refractivity contribution in [1.82, 2.24) is 4.90 Å².